The molecule has 0 N–H and O–H groups in total. The first kappa shape index (κ1) is 18.3. The average molecular weight is 389 g/mol. The van der Waals surface area contributed by atoms with Crippen LogP contribution in [0.25, 0.3) is 0 Å². The summed E-state index contributed by atoms with van der Waals surface area (Å²) in [6.07, 6.45) is 6.73. The number of carbonyl (C=O) groups is 2. The van der Waals surface area contributed by atoms with Crippen molar-refractivity contribution in [3.05, 3.63) is 66.0 Å². The Bertz CT molecular complexity index is 887. The third kappa shape index (κ3) is 3.54. The van der Waals surface area contributed by atoms with Crippen molar-refractivity contribution in [2.75, 3.05) is 19.6 Å². The average Bonchev–Trinajstić information content (AvgIpc) is 3.62. The zero-order valence-corrected chi connectivity index (χ0v) is 16.7. The number of rotatable bonds is 3. The molecule has 2 aromatic rings. The summed E-state index contributed by atoms with van der Waals surface area (Å²) >= 11 is 0. The molecule has 150 valence electrons. The van der Waals surface area contributed by atoms with Crippen LogP contribution in [0.2, 0.25) is 0 Å². The van der Waals surface area contributed by atoms with Crippen molar-refractivity contribution < 1.29 is 9.59 Å². The SMILES string of the molecule is O=C(c1ccccn1)N1CCC2(CC1)CC(c1ccccc1)C(=O)N(C1CC1)C2. The Hall–Kier alpha value is -2.69. The van der Waals surface area contributed by atoms with Crippen LogP contribution in [0.1, 0.15) is 54.1 Å². The summed E-state index contributed by atoms with van der Waals surface area (Å²) in [7, 11) is 0. The van der Waals surface area contributed by atoms with Crippen molar-refractivity contribution in [3.8, 4) is 0 Å². The Morgan fingerprint density at radius 1 is 1.00 bits per heavy atom. The number of piperidine rings is 2. The minimum atomic E-state index is -0.0522. The van der Waals surface area contributed by atoms with E-state index in [1.165, 1.54) is 0 Å². The highest BCUT2D eigenvalue weighted by Crippen LogP contribution is 2.48. The molecule has 3 fully saturated rings. The summed E-state index contributed by atoms with van der Waals surface area (Å²) in [5.41, 5.74) is 1.76. The molecular formula is C24H27N3O2. The number of likely N-dealkylation sites (tertiary alicyclic amines) is 2. The molecule has 1 aliphatic carbocycles. The maximum atomic E-state index is 13.2. The van der Waals surface area contributed by atoms with E-state index in [4.69, 9.17) is 0 Å². The number of amides is 2. The summed E-state index contributed by atoms with van der Waals surface area (Å²) in [6.45, 7) is 2.33. The van der Waals surface area contributed by atoms with Gasteiger partial charge in [-0.05, 0) is 55.2 Å². The summed E-state index contributed by atoms with van der Waals surface area (Å²) in [4.78, 5) is 34.4. The van der Waals surface area contributed by atoms with Crippen LogP contribution in [0.3, 0.4) is 0 Å². The van der Waals surface area contributed by atoms with Gasteiger partial charge in [0.25, 0.3) is 5.91 Å². The summed E-state index contributed by atoms with van der Waals surface area (Å²) in [6, 6.07) is 16.1. The number of pyridine rings is 1. The number of carbonyl (C=O) groups excluding carboxylic acids is 2. The first-order valence-corrected chi connectivity index (χ1v) is 10.7. The molecule has 1 spiro atoms. The van der Waals surface area contributed by atoms with Crippen LogP contribution in [-0.4, -0.2) is 52.3 Å². The maximum absolute atomic E-state index is 13.2. The molecular weight excluding hydrogens is 362 g/mol. The Morgan fingerprint density at radius 2 is 1.72 bits per heavy atom. The zero-order valence-electron chi connectivity index (χ0n) is 16.7. The minimum Gasteiger partial charge on any atom is -0.339 e. The number of benzene rings is 1. The molecule has 3 aliphatic rings. The molecule has 1 unspecified atom stereocenters. The Morgan fingerprint density at radius 3 is 2.38 bits per heavy atom. The van der Waals surface area contributed by atoms with E-state index in [0.29, 0.717) is 17.6 Å². The topological polar surface area (TPSA) is 53.5 Å². The molecule has 2 aliphatic heterocycles. The van der Waals surface area contributed by atoms with Gasteiger partial charge in [0.1, 0.15) is 5.69 Å². The third-order valence-electron chi connectivity index (χ3n) is 6.91. The van der Waals surface area contributed by atoms with Gasteiger partial charge in [-0.15, -0.1) is 0 Å². The standard InChI is InChI=1S/C24H27N3O2/c28-22-20(18-6-2-1-3-7-18)16-24(17-27(22)19-9-10-19)11-14-26(15-12-24)23(29)21-8-4-5-13-25-21/h1-8,13,19-20H,9-12,14-17H2. The molecule has 1 aromatic heterocycles. The van der Waals surface area contributed by atoms with Crippen LogP contribution in [0.15, 0.2) is 54.7 Å². The van der Waals surface area contributed by atoms with Gasteiger partial charge < -0.3 is 9.80 Å². The van der Waals surface area contributed by atoms with Gasteiger partial charge >= 0.3 is 0 Å². The van der Waals surface area contributed by atoms with Gasteiger partial charge in [-0.3, -0.25) is 14.6 Å². The van der Waals surface area contributed by atoms with E-state index >= 15 is 0 Å². The quantitative estimate of drug-likeness (QED) is 0.808. The van der Waals surface area contributed by atoms with E-state index < -0.39 is 0 Å². The van der Waals surface area contributed by atoms with Gasteiger partial charge in [0, 0.05) is 31.9 Å². The van der Waals surface area contributed by atoms with Crippen molar-refractivity contribution in [1.29, 1.82) is 0 Å². The lowest BCUT2D eigenvalue weighted by molar-refractivity contribution is -0.142. The van der Waals surface area contributed by atoms with Gasteiger partial charge in [-0.2, -0.15) is 0 Å². The first-order valence-electron chi connectivity index (χ1n) is 10.7. The highest BCUT2D eigenvalue weighted by Gasteiger charge is 2.49. The van der Waals surface area contributed by atoms with Crippen LogP contribution >= 0.6 is 0 Å². The third-order valence-corrected chi connectivity index (χ3v) is 6.91. The van der Waals surface area contributed by atoms with Crippen LogP contribution < -0.4 is 0 Å². The molecule has 2 amide bonds. The van der Waals surface area contributed by atoms with Gasteiger partial charge in [0.05, 0.1) is 5.92 Å². The summed E-state index contributed by atoms with van der Waals surface area (Å²) < 4.78 is 0. The molecule has 3 heterocycles. The van der Waals surface area contributed by atoms with Gasteiger partial charge in [0.15, 0.2) is 0 Å². The van der Waals surface area contributed by atoms with Gasteiger partial charge in [0.2, 0.25) is 5.91 Å². The second-order valence-corrected chi connectivity index (χ2v) is 8.87. The van der Waals surface area contributed by atoms with Crippen molar-refractivity contribution in [2.45, 2.75) is 44.1 Å². The Labute approximate surface area is 171 Å². The number of nitrogens with zero attached hydrogens (tertiary/aromatic N) is 3. The number of hydrogen-bond acceptors (Lipinski definition) is 3. The van der Waals surface area contributed by atoms with Crippen molar-refractivity contribution in [2.24, 2.45) is 5.41 Å². The molecule has 1 aromatic carbocycles. The van der Waals surface area contributed by atoms with E-state index in [9.17, 15) is 9.59 Å². The second-order valence-electron chi connectivity index (χ2n) is 8.87. The molecule has 0 radical (unpaired) electrons. The van der Waals surface area contributed by atoms with Crippen LogP contribution in [-0.2, 0) is 4.79 Å². The van der Waals surface area contributed by atoms with Crippen LogP contribution in [0.5, 0.6) is 0 Å². The maximum Gasteiger partial charge on any atom is 0.272 e. The molecule has 1 atom stereocenters. The molecule has 1 saturated carbocycles. The molecule has 2 saturated heterocycles. The normalized spacial score (nSPS) is 24.0. The smallest absolute Gasteiger partial charge is 0.272 e. The molecule has 5 heteroatoms. The highest BCUT2D eigenvalue weighted by molar-refractivity contribution is 5.92. The largest absolute Gasteiger partial charge is 0.339 e. The fraction of sp³-hybridized carbons (Fsp3) is 0.458. The number of hydrogen-bond donors (Lipinski definition) is 0. The van der Waals surface area contributed by atoms with E-state index in [2.05, 4.69) is 22.0 Å². The van der Waals surface area contributed by atoms with E-state index in [0.717, 1.165) is 57.3 Å². The highest BCUT2D eigenvalue weighted by atomic mass is 16.2. The summed E-state index contributed by atoms with van der Waals surface area (Å²) in [5, 5.41) is 0. The molecule has 29 heavy (non-hydrogen) atoms. The lowest BCUT2D eigenvalue weighted by Gasteiger charge is -2.50. The van der Waals surface area contributed by atoms with Crippen LogP contribution in [0, 0.1) is 5.41 Å². The predicted molar refractivity (Wildman–Crippen MR) is 110 cm³/mol. The lowest BCUT2D eigenvalue weighted by atomic mass is 9.67. The molecule has 5 nitrogen and oxygen atoms in total. The molecule has 5 rings (SSSR count). The van der Waals surface area contributed by atoms with Gasteiger partial charge in [-0.1, -0.05) is 36.4 Å². The van der Waals surface area contributed by atoms with Crippen molar-refractivity contribution in [3.63, 3.8) is 0 Å². The Balaban J connectivity index is 1.35. The minimum absolute atomic E-state index is 0.0194. The molecule has 0 bridgehead atoms. The van der Waals surface area contributed by atoms with Crippen molar-refractivity contribution in [1.82, 2.24) is 14.8 Å². The first-order chi connectivity index (χ1) is 14.2. The predicted octanol–water partition coefficient (Wildman–Crippen LogP) is 3.48. The summed E-state index contributed by atoms with van der Waals surface area (Å²) in [5.74, 6) is 0.269. The Kier molecular flexibility index (Phi) is 4.61. The lowest BCUT2D eigenvalue weighted by Crippen LogP contribution is -2.55. The van der Waals surface area contributed by atoms with E-state index in [1.807, 2.05) is 35.2 Å². The van der Waals surface area contributed by atoms with Crippen LogP contribution in [0.4, 0.5) is 0 Å². The fourth-order valence-electron chi connectivity index (χ4n) is 5.06. The van der Waals surface area contributed by atoms with E-state index in [-0.39, 0.29) is 17.2 Å². The van der Waals surface area contributed by atoms with Crippen molar-refractivity contribution >= 4 is 11.8 Å². The second kappa shape index (κ2) is 7.29. The van der Waals surface area contributed by atoms with E-state index in [1.54, 1.807) is 12.3 Å². The monoisotopic (exact) mass is 389 g/mol. The number of aromatic nitrogens is 1. The fourth-order valence-corrected chi connectivity index (χ4v) is 5.06. The zero-order chi connectivity index (χ0) is 19.8. The van der Waals surface area contributed by atoms with Gasteiger partial charge in [-0.25, -0.2) is 0 Å².